The highest BCUT2D eigenvalue weighted by Gasteiger charge is 2.32. The van der Waals surface area contributed by atoms with Crippen molar-refractivity contribution in [2.75, 3.05) is 30.9 Å². The smallest absolute Gasteiger partial charge is 0.267 e. The van der Waals surface area contributed by atoms with Gasteiger partial charge in [0, 0.05) is 38.0 Å². The maximum Gasteiger partial charge on any atom is 0.267 e. The van der Waals surface area contributed by atoms with Gasteiger partial charge in [0.05, 0.1) is 10.6 Å². The number of fused-ring (bicyclic) bond motifs is 1. The van der Waals surface area contributed by atoms with Crippen LogP contribution in [0.2, 0.25) is 0 Å². The Morgan fingerprint density at radius 3 is 2.39 bits per heavy atom. The van der Waals surface area contributed by atoms with Crippen LogP contribution in [-0.2, 0) is 14.8 Å². The zero-order chi connectivity index (χ0) is 22.9. The van der Waals surface area contributed by atoms with Gasteiger partial charge in [-0.1, -0.05) is 13.8 Å². The Morgan fingerprint density at radius 2 is 1.81 bits per heavy atom. The van der Waals surface area contributed by atoms with Gasteiger partial charge >= 0.3 is 0 Å². The van der Waals surface area contributed by atoms with Crippen molar-refractivity contribution in [2.45, 2.75) is 31.8 Å². The molecular weight excluding hydrogens is 418 g/mol. The summed E-state index contributed by atoms with van der Waals surface area (Å²) in [6.45, 7) is 6.36. The van der Waals surface area contributed by atoms with E-state index in [0.29, 0.717) is 35.2 Å². The van der Waals surface area contributed by atoms with Crippen molar-refractivity contribution in [3.05, 3.63) is 48.0 Å². The van der Waals surface area contributed by atoms with Gasteiger partial charge in [-0.15, -0.1) is 0 Å². The molecule has 0 saturated heterocycles. The van der Waals surface area contributed by atoms with Gasteiger partial charge in [0.1, 0.15) is 5.75 Å². The predicted octanol–water partition coefficient (Wildman–Crippen LogP) is 2.96. The average molecular weight is 446 g/mol. The van der Waals surface area contributed by atoms with Crippen molar-refractivity contribution in [3.63, 3.8) is 0 Å². The maximum atomic E-state index is 12.6. The third kappa shape index (κ3) is 4.72. The number of anilines is 2. The summed E-state index contributed by atoms with van der Waals surface area (Å²) in [5.41, 5.74) is 1.51. The number of sulfonamides is 1. The summed E-state index contributed by atoms with van der Waals surface area (Å²) in [6, 6.07) is 10.9. The van der Waals surface area contributed by atoms with Crippen LogP contribution in [0.4, 0.5) is 11.4 Å². The third-order valence-electron chi connectivity index (χ3n) is 4.87. The first-order valence-electron chi connectivity index (χ1n) is 9.96. The molecule has 1 aliphatic rings. The second-order valence-electron chi connectivity index (χ2n) is 8.05. The molecule has 2 aromatic carbocycles. The Bertz CT molecular complexity index is 1090. The lowest BCUT2D eigenvalue weighted by Gasteiger charge is -2.34. The number of benzene rings is 2. The number of hydrogen-bond acceptors (Lipinski definition) is 5. The molecule has 3 rings (SSSR count). The SMILES string of the molecule is CC(C)CN1C(=O)C(C)Oc2cc(NC(=O)c3ccc(S(=O)(=O)N(C)C)cc3)ccc21. The molecule has 166 valence electrons. The van der Waals surface area contributed by atoms with Gasteiger partial charge in [0.2, 0.25) is 10.0 Å². The van der Waals surface area contributed by atoms with Crippen molar-refractivity contribution < 1.29 is 22.7 Å². The van der Waals surface area contributed by atoms with E-state index in [-0.39, 0.29) is 16.7 Å². The molecule has 1 N–H and O–H groups in total. The van der Waals surface area contributed by atoms with Crippen LogP contribution in [0.5, 0.6) is 5.75 Å². The Balaban J connectivity index is 1.80. The topological polar surface area (TPSA) is 96.0 Å². The number of amides is 2. The number of nitrogens with one attached hydrogen (secondary N) is 1. The van der Waals surface area contributed by atoms with E-state index < -0.39 is 16.1 Å². The van der Waals surface area contributed by atoms with E-state index in [1.54, 1.807) is 30.0 Å². The van der Waals surface area contributed by atoms with Crippen LogP contribution in [0, 0.1) is 5.92 Å². The third-order valence-corrected chi connectivity index (χ3v) is 6.70. The molecule has 0 saturated carbocycles. The second-order valence-corrected chi connectivity index (χ2v) is 10.2. The molecule has 0 bridgehead atoms. The zero-order valence-corrected chi connectivity index (χ0v) is 19.1. The van der Waals surface area contributed by atoms with Crippen LogP contribution in [0.3, 0.4) is 0 Å². The van der Waals surface area contributed by atoms with Gasteiger partial charge in [-0.25, -0.2) is 12.7 Å². The lowest BCUT2D eigenvalue weighted by molar-refractivity contribution is -0.125. The fraction of sp³-hybridized carbons (Fsp3) is 0.364. The molecular formula is C22H27N3O5S. The number of ether oxygens (including phenoxy) is 1. The largest absolute Gasteiger partial charge is 0.479 e. The van der Waals surface area contributed by atoms with Crippen LogP contribution >= 0.6 is 0 Å². The van der Waals surface area contributed by atoms with Crippen molar-refractivity contribution in [1.82, 2.24) is 4.31 Å². The molecule has 31 heavy (non-hydrogen) atoms. The molecule has 0 radical (unpaired) electrons. The van der Waals surface area contributed by atoms with Gasteiger partial charge in [-0.2, -0.15) is 0 Å². The molecule has 1 unspecified atom stereocenters. The molecule has 1 atom stereocenters. The van der Waals surface area contributed by atoms with E-state index in [4.69, 9.17) is 4.74 Å². The molecule has 9 heteroatoms. The lowest BCUT2D eigenvalue weighted by atomic mass is 10.1. The van der Waals surface area contributed by atoms with Gasteiger partial charge in [-0.05, 0) is 49.2 Å². The molecule has 0 fully saturated rings. The van der Waals surface area contributed by atoms with Crippen molar-refractivity contribution in [1.29, 1.82) is 0 Å². The van der Waals surface area contributed by atoms with Crippen molar-refractivity contribution >= 4 is 33.2 Å². The highest BCUT2D eigenvalue weighted by Crippen LogP contribution is 2.36. The fourth-order valence-electron chi connectivity index (χ4n) is 3.23. The van der Waals surface area contributed by atoms with Crippen LogP contribution in [-0.4, -0.2) is 51.3 Å². The molecule has 0 aliphatic carbocycles. The van der Waals surface area contributed by atoms with E-state index in [2.05, 4.69) is 5.32 Å². The van der Waals surface area contributed by atoms with Crippen LogP contribution in [0.15, 0.2) is 47.4 Å². The minimum Gasteiger partial charge on any atom is -0.479 e. The minimum absolute atomic E-state index is 0.0919. The Morgan fingerprint density at radius 1 is 1.16 bits per heavy atom. The summed E-state index contributed by atoms with van der Waals surface area (Å²) in [4.78, 5) is 26.9. The summed E-state index contributed by atoms with van der Waals surface area (Å²) in [5.74, 6) is 0.345. The van der Waals surface area contributed by atoms with Gasteiger partial charge in [0.15, 0.2) is 6.10 Å². The van der Waals surface area contributed by atoms with E-state index in [0.717, 1.165) is 4.31 Å². The molecule has 2 aromatic rings. The van der Waals surface area contributed by atoms with E-state index >= 15 is 0 Å². The summed E-state index contributed by atoms with van der Waals surface area (Å²) >= 11 is 0. The fourth-order valence-corrected chi connectivity index (χ4v) is 4.14. The monoisotopic (exact) mass is 445 g/mol. The number of carbonyl (C=O) groups excluding carboxylic acids is 2. The standard InChI is InChI=1S/C22H27N3O5S/c1-14(2)13-25-19-11-8-17(12-20(19)30-15(3)22(25)27)23-21(26)16-6-9-18(10-7-16)31(28,29)24(4)5/h6-12,14-15H,13H2,1-5H3,(H,23,26). The first-order chi connectivity index (χ1) is 14.5. The van der Waals surface area contributed by atoms with Crippen LogP contribution in [0.1, 0.15) is 31.1 Å². The summed E-state index contributed by atoms with van der Waals surface area (Å²) in [6.07, 6.45) is -0.608. The number of carbonyl (C=O) groups is 2. The van der Waals surface area contributed by atoms with Crippen molar-refractivity contribution in [3.8, 4) is 5.75 Å². The van der Waals surface area contributed by atoms with E-state index in [1.165, 1.54) is 38.4 Å². The Hall–Kier alpha value is -2.91. The first kappa shape index (κ1) is 22.8. The van der Waals surface area contributed by atoms with E-state index in [9.17, 15) is 18.0 Å². The zero-order valence-electron chi connectivity index (χ0n) is 18.2. The van der Waals surface area contributed by atoms with Gasteiger partial charge in [-0.3, -0.25) is 9.59 Å². The first-order valence-corrected chi connectivity index (χ1v) is 11.4. The number of nitrogens with zero attached hydrogens (tertiary/aromatic N) is 2. The Kier molecular flexibility index (Phi) is 6.38. The minimum atomic E-state index is -3.56. The highest BCUT2D eigenvalue weighted by atomic mass is 32.2. The normalized spacial score (nSPS) is 16.3. The molecule has 0 aromatic heterocycles. The summed E-state index contributed by atoms with van der Waals surface area (Å²) < 4.78 is 31.2. The lowest BCUT2D eigenvalue weighted by Crippen LogP contribution is -2.46. The molecule has 1 heterocycles. The molecule has 0 spiro atoms. The van der Waals surface area contributed by atoms with Crippen molar-refractivity contribution in [2.24, 2.45) is 5.92 Å². The van der Waals surface area contributed by atoms with Gasteiger partial charge < -0.3 is 15.0 Å². The molecule has 2 amide bonds. The van der Waals surface area contributed by atoms with Gasteiger partial charge in [0.25, 0.3) is 11.8 Å². The summed E-state index contributed by atoms with van der Waals surface area (Å²) in [7, 11) is -0.661. The second kappa shape index (κ2) is 8.68. The average Bonchev–Trinajstić information content (AvgIpc) is 2.71. The van der Waals surface area contributed by atoms with Crippen LogP contribution < -0.4 is 15.0 Å². The Labute approximate surface area is 182 Å². The highest BCUT2D eigenvalue weighted by molar-refractivity contribution is 7.89. The quantitative estimate of drug-likeness (QED) is 0.738. The van der Waals surface area contributed by atoms with E-state index in [1.807, 2.05) is 13.8 Å². The summed E-state index contributed by atoms with van der Waals surface area (Å²) in [5, 5.41) is 2.79. The molecule has 1 aliphatic heterocycles. The number of hydrogen-bond donors (Lipinski definition) is 1. The maximum absolute atomic E-state index is 12.6. The predicted molar refractivity (Wildman–Crippen MR) is 119 cm³/mol. The number of rotatable bonds is 6. The van der Waals surface area contributed by atoms with Crippen LogP contribution in [0.25, 0.3) is 0 Å². The molecule has 8 nitrogen and oxygen atoms in total.